The van der Waals surface area contributed by atoms with E-state index in [0.717, 1.165) is 31.9 Å². The quantitative estimate of drug-likeness (QED) is 0.906. The van der Waals surface area contributed by atoms with Crippen molar-refractivity contribution in [3.05, 3.63) is 35.4 Å². The molecule has 1 heterocycles. The van der Waals surface area contributed by atoms with Gasteiger partial charge in [0.2, 0.25) is 5.91 Å². The molecule has 128 valence electrons. The number of hydrogen-bond donors (Lipinski definition) is 1. The van der Waals surface area contributed by atoms with Crippen LogP contribution in [0, 0.1) is 5.92 Å². The summed E-state index contributed by atoms with van der Waals surface area (Å²) in [7, 11) is 0. The zero-order valence-corrected chi connectivity index (χ0v) is 13.4. The van der Waals surface area contributed by atoms with E-state index in [1.54, 1.807) is 11.0 Å². The van der Waals surface area contributed by atoms with Crippen LogP contribution < -0.4 is 5.32 Å². The number of halogens is 4. The number of amides is 1. The minimum Gasteiger partial charge on any atom is -0.335 e. The monoisotopic (exact) mass is 348 g/mol. The van der Waals surface area contributed by atoms with E-state index < -0.39 is 11.7 Å². The van der Waals surface area contributed by atoms with E-state index in [0.29, 0.717) is 6.54 Å². The highest BCUT2D eigenvalue weighted by Gasteiger charge is 2.39. The Morgan fingerprint density at radius 3 is 2.48 bits per heavy atom. The van der Waals surface area contributed by atoms with Gasteiger partial charge in [-0.1, -0.05) is 18.2 Å². The number of alkyl halides is 3. The highest BCUT2D eigenvalue weighted by atomic mass is 35.5. The molecule has 1 atom stereocenters. The van der Waals surface area contributed by atoms with Gasteiger partial charge in [-0.25, -0.2) is 0 Å². The smallest absolute Gasteiger partial charge is 0.335 e. The van der Waals surface area contributed by atoms with Crippen LogP contribution in [0.4, 0.5) is 13.2 Å². The summed E-state index contributed by atoms with van der Waals surface area (Å²) in [5, 5.41) is 3.14. The molecule has 2 fully saturated rings. The maximum absolute atomic E-state index is 13.1. The molecule has 3 rings (SSSR count). The van der Waals surface area contributed by atoms with Crippen molar-refractivity contribution in [2.45, 2.75) is 38.0 Å². The van der Waals surface area contributed by atoms with Gasteiger partial charge < -0.3 is 10.2 Å². The molecule has 1 aliphatic heterocycles. The molecular weight excluding hydrogens is 329 g/mol. The van der Waals surface area contributed by atoms with Crippen molar-refractivity contribution >= 4 is 18.3 Å². The van der Waals surface area contributed by atoms with Crippen LogP contribution in [0.1, 0.15) is 30.4 Å². The number of carbonyl (C=O) groups is 1. The van der Waals surface area contributed by atoms with E-state index in [4.69, 9.17) is 0 Å². The molecule has 1 aliphatic carbocycles. The van der Waals surface area contributed by atoms with Crippen molar-refractivity contribution in [1.29, 1.82) is 0 Å². The Balaban J connectivity index is 0.00000192. The molecule has 0 radical (unpaired) electrons. The standard InChI is InChI=1S/C16H19F3N2O.ClH/c17-16(18,19)14-4-2-1-3-12(14)10-21(13-5-6-13)15(22)11-7-8-20-9-11;/h1-4,11,13,20H,5-10H2;1H. The minimum atomic E-state index is -4.39. The van der Waals surface area contributed by atoms with E-state index in [1.165, 1.54) is 12.1 Å². The molecule has 1 unspecified atom stereocenters. The second-order valence-corrected chi connectivity index (χ2v) is 6.04. The van der Waals surface area contributed by atoms with Gasteiger partial charge in [-0.2, -0.15) is 13.2 Å². The van der Waals surface area contributed by atoms with Gasteiger partial charge in [0, 0.05) is 19.1 Å². The third-order valence-electron chi connectivity index (χ3n) is 4.34. The first-order valence-corrected chi connectivity index (χ1v) is 7.63. The van der Waals surface area contributed by atoms with Crippen molar-refractivity contribution < 1.29 is 18.0 Å². The van der Waals surface area contributed by atoms with Crippen LogP contribution in [0.2, 0.25) is 0 Å². The van der Waals surface area contributed by atoms with Gasteiger partial charge in [0.25, 0.3) is 0 Å². The largest absolute Gasteiger partial charge is 0.416 e. The topological polar surface area (TPSA) is 32.3 Å². The average molecular weight is 349 g/mol. The summed E-state index contributed by atoms with van der Waals surface area (Å²) in [6.45, 7) is 1.48. The first-order valence-electron chi connectivity index (χ1n) is 7.63. The van der Waals surface area contributed by atoms with Gasteiger partial charge in [0.05, 0.1) is 11.5 Å². The fraction of sp³-hybridized carbons (Fsp3) is 0.562. The highest BCUT2D eigenvalue weighted by molar-refractivity contribution is 5.85. The van der Waals surface area contributed by atoms with Crippen LogP contribution in [-0.2, 0) is 17.5 Å². The lowest BCUT2D eigenvalue weighted by Crippen LogP contribution is -2.38. The van der Waals surface area contributed by atoms with Gasteiger partial charge in [-0.05, 0) is 37.4 Å². The number of nitrogens with zero attached hydrogens (tertiary/aromatic N) is 1. The Kier molecular flexibility index (Phi) is 5.57. The molecule has 0 bridgehead atoms. The number of benzene rings is 1. The van der Waals surface area contributed by atoms with Gasteiger partial charge in [0.1, 0.15) is 0 Å². The fourth-order valence-corrected chi connectivity index (χ4v) is 2.99. The molecule has 23 heavy (non-hydrogen) atoms. The van der Waals surface area contributed by atoms with Crippen LogP contribution in [0.5, 0.6) is 0 Å². The maximum Gasteiger partial charge on any atom is 0.416 e. The fourth-order valence-electron chi connectivity index (χ4n) is 2.99. The Morgan fingerprint density at radius 1 is 1.22 bits per heavy atom. The highest BCUT2D eigenvalue weighted by Crippen LogP contribution is 2.35. The number of rotatable bonds is 4. The van der Waals surface area contributed by atoms with Crippen molar-refractivity contribution in [2.75, 3.05) is 13.1 Å². The van der Waals surface area contributed by atoms with Crippen LogP contribution in [0.15, 0.2) is 24.3 Å². The van der Waals surface area contributed by atoms with Crippen LogP contribution in [0.3, 0.4) is 0 Å². The van der Waals surface area contributed by atoms with Gasteiger partial charge in [0.15, 0.2) is 0 Å². The molecule has 1 aromatic carbocycles. The molecule has 1 saturated heterocycles. The molecule has 0 aromatic heterocycles. The van der Waals surface area contributed by atoms with Gasteiger partial charge in [-0.3, -0.25) is 4.79 Å². The normalized spacial score (nSPS) is 20.9. The summed E-state index contributed by atoms with van der Waals surface area (Å²) in [5.74, 6) is -0.108. The predicted octanol–water partition coefficient (Wildman–Crippen LogP) is 3.23. The summed E-state index contributed by atoms with van der Waals surface area (Å²) in [5.41, 5.74) is -0.459. The van der Waals surface area contributed by atoms with Crippen LogP contribution >= 0.6 is 12.4 Å². The Bertz CT molecular complexity index is 555. The van der Waals surface area contributed by atoms with Crippen molar-refractivity contribution in [3.8, 4) is 0 Å². The zero-order valence-electron chi connectivity index (χ0n) is 12.6. The van der Waals surface area contributed by atoms with Crippen LogP contribution in [-0.4, -0.2) is 29.9 Å². The summed E-state index contributed by atoms with van der Waals surface area (Å²) >= 11 is 0. The zero-order chi connectivity index (χ0) is 15.7. The van der Waals surface area contributed by atoms with E-state index in [9.17, 15) is 18.0 Å². The molecule has 1 saturated carbocycles. The average Bonchev–Trinajstić information content (AvgIpc) is 3.17. The number of carbonyl (C=O) groups excluding carboxylic acids is 1. The lowest BCUT2D eigenvalue weighted by Gasteiger charge is -2.26. The van der Waals surface area contributed by atoms with Gasteiger partial charge in [-0.15, -0.1) is 12.4 Å². The molecular formula is C16H20ClF3N2O. The lowest BCUT2D eigenvalue weighted by atomic mass is 10.0. The minimum absolute atomic E-state index is 0. The predicted molar refractivity (Wildman–Crippen MR) is 83.2 cm³/mol. The Morgan fingerprint density at radius 2 is 1.91 bits per heavy atom. The molecule has 1 amide bonds. The van der Waals surface area contributed by atoms with E-state index in [-0.39, 0.29) is 42.4 Å². The summed E-state index contributed by atoms with van der Waals surface area (Å²) < 4.78 is 39.3. The molecule has 2 aliphatic rings. The number of hydrogen-bond acceptors (Lipinski definition) is 2. The summed E-state index contributed by atoms with van der Waals surface area (Å²) in [4.78, 5) is 14.3. The third-order valence-corrected chi connectivity index (χ3v) is 4.34. The lowest BCUT2D eigenvalue weighted by molar-refractivity contribution is -0.141. The van der Waals surface area contributed by atoms with Crippen molar-refractivity contribution in [3.63, 3.8) is 0 Å². The first-order chi connectivity index (χ1) is 10.5. The SMILES string of the molecule is Cl.O=C(C1CCNC1)N(Cc1ccccc1C(F)(F)F)C1CC1. The van der Waals surface area contributed by atoms with E-state index >= 15 is 0 Å². The Labute approximate surface area is 139 Å². The molecule has 3 nitrogen and oxygen atoms in total. The molecule has 0 spiro atoms. The third kappa shape index (κ3) is 4.18. The first kappa shape index (κ1) is 18.1. The van der Waals surface area contributed by atoms with E-state index in [1.807, 2.05) is 0 Å². The van der Waals surface area contributed by atoms with Crippen molar-refractivity contribution in [1.82, 2.24) is 10.2 Å². The van der Waals surface area contributed by atoms with Crippen LogP contribution in [0.25, 0.3) is 0 Å². The van der Waals surface area contributed by atoms with E-state index in [2.05, 4.69) is 5.32 Å². The van der Waals surface area contributed by atoms with Crippen molar-refractivity contribution in [2.24, 2.45) is 5.92 Å². The maximum atomic E-state index is 13.1. The Hall–Kier alpha value is -1.27. The molecule has 7 heteroatoms. The van der Waals surface area contributed by atoms with Gasteiger partial charge >= 0.3 is 6.18 Å². The summed E-state index contributed by atoms with van der Waals surface area (Å²) in [6, 6.07) is 5.64. The molecule has 1 N–H and O–H groups in total. The number of nitrogens with one attached hydrogen (secondary N) is 1. The second-order valence-electron chi connectivity index (χ2n) is 6.04. The second kappa shape index (κ2) is 7.09. The molecule has 1 aromatic rings. The summed E-state index contributed by atoms with van der Waals surface area (Å²) in [6.07, 6.45) is -1.84.